The zero-order valence-corrected chi connectivity index (χ0v) is 14.7. The second-order valence-electron chi connectivity index (χ2n) is 5.13. The molecule has 0 saturated carbocycles. The van der Waals surface area contributed by atoms with Crippen molar-refractivity contribution in [2.45, 2.75) is 26.4 Å². The fourth-order valence-corrected chi connectivity index (χ4v) is 2.66. The first-order chi connectivity index (χ1) is 11.1. The first-order valence-corrected chi connectivity index (χ1v) is 8.42. The van der Waals surface area contributed by atoms with Crippen LogP contribution < -0.4 is 15.2 Å². The Morgan fingerprint density at radius 1 is 1.00 bits per heavy atom. The third-order valence-corrected chi connectivity index (χ3v) is 3.96. The molecule has 2 rings (SSSR count). The fourth-order valence-electron chi connectivity index (χ4n) is 2.20. The number of rotatable bonds is 8. The van der Waals surface area contributed by atoms with Crippen molar-refractivity contribution in [3.8, 4) is 11.5 Å². The van der Waals surface area contributed by atoms with Crippen molar-refractivity contribution in [3.63, 3.8) is 0 Å². The van der Waals surface area contributed by atoms with E-state index in [1.54, 1.807) is 12.1 Å². The summed E-state index contributed by atoms with van der Waals surface area (Å²) in [7, 11) is 0. The highest BCUT2D eigenvalue weighted by atomic mass is 35.5. The fraction of sp³-hybridized carbons (Fsp3) is 0.333. The highest BCUT2D eigenvalue weighted by molar-refractivity contribution is 6.35. The molecule has 0 amide bonds. The van der Waals surface area contributed by atoms with Crippen LogP contribution >= 0.6 is 23.2 Å². The normalized spacial score (nSPS) is 10.6. The molecule has 0 radical (unpaired) electrons. The van der Waals surface area contributed by atoms with Gasteiger partial charge in [-0.25, -0.2) is 0 Å². The van der Waals surface area contributed by atoms with E-state index >= 15 is 0 Å². The van der Waals surface area contributed by atoms with Gasteiger partial charge in [0.1, 0.15) is 6.61 Å². The molecule has 0 bridgehead atoms. The molecule has 0 heterocycles. The number of hydrogen-bond acceptors (Lipinski definition) is 3. The van der Waals surface area contributed by atoms with E-state index in [1.165, 1.54) is 5.56 Å². The van der Waals surface area contributed by atoms with E-state index in [1.807, 2.05) is 31.2 Å². The van der Waals surface area contributed by atoms with Gasteiger partial charge in [0.05, 0.1) is 6.61 Å². The summed E-state index contributed by atoms with van der Waals surface area (Å²) in [6.07, 6.45) is 1.88. The maximum atomic E-state index is 6.17. The molecule has 0 aliphatic carbocycles. The third kappa shape index (κ3) is 5.31. The molecule has 23 heavy (non-hydrogen) atoms. The topological polar surface area (TPSA) is 44.5 Å². The summed E-state index contributed by atoms with van der Waals surface area (Å²) in [6, 6.07) is 11.4. The summed E-state index contributed by atoms with van der Waals surface area (Å²) in [6.45, 7) is 3.57. The lowest BCUT2D eigenvalue weighted by molar-refractivity contribution is 0.269. The van der Waals surface area contributed by atoms with Crippen LogP contribution in [-0.4, -0.2) is 13.2 Å². The molecule has 2 aromatic carbocycles. The second kappa shape index (κ2) is 9.02. The van der Waals surface area contributed by atoms with E-state index in [0.717, 1.165) is 24.2 Å². The van der Waals surface area contributed by atoms with Crippen molar-refractivity contribution in [1.82, 2.24) is 0 Å². The van der Waals surface area contributed by atoms with Crippen molar-refractivity contribution in [2.24, 2.45) is 5.73 Å². The zero-order valence-electron chi connectivity index (χ0n) is 13.1. The second-order valence-corrected chi connectivity index (χ2v) is 5.97. The average molecular weight is 354 g/mol. The molecule has 0 unspecified atom stereocenters. The van der Waals surface area contributed by atoms with E-state index < -0.39 is 0 Å². The highest BCUT2D eigenvalue weighted by Gasteiger charge is 2.08. The number of nitrogens with two attached hydrogens (primary N) is 1. The van der Waals surface area contributed by atoms with Gasteiger partial charge in [-0.2, -0.15) is 0 Å². The van der Waals surface area contributed by atoms with Gasteiger partial charge >= 0.3 is 0 Å². The van der Waals surface area contributed by atoms with Crippen LogP contribution in [0.4, 0.5) is 0 Å². The maximum Gasteiger partial charge on any atom is 0.161 e. The van der Waals surface area contributed by atoms with Crippen LogP contribution in [0.2, 0.25) is 10.0 Å². The van der Waals surface area contributed by atoms with Crippen LogP contribution in [0.15, 0.2) is 36.4 Å². The summed E-state index contributed by atoms with van der Waals surface area (Å²) in [5, 5.41) is 1.20. The monoisotopic (exact) mass is 353 g/mol. The molecular weight excluding hydrogens is 333 g/mol. The lowest BCUT2D eigenvalue weighted by Crippen LogP contribution is -2.03. The van der Waals surface area contributed by atoms with E-state index in [0.29, 0.717) is 35.6 Å². The van der Waals surface area contributed by atoms with Crippen LogP contribution in [0.5, 0.6) is 11.5 Å². The molecule has 0 atom stereocenters. The van der Waals surface area contributed by atoms with Crippen LogP contribution in [0.3, 0.4) is 0 Å². The highest BCUT2D eigenvalue weighted by Crippen LogP contribution is 2.31. The molecule has 2 N–H and O–H groups in total. The van der Waals surface area contributed by atoms with E-state index in [4.69, 9.17) is 38.4 Å². The minimum Gasteiger partial charge on any atom is -0.490 e. The zero-order chi connectivity index (χ0) is 16.7. The smallest absolute Gasteiger partial charge is 0.161 e. The molecule has 2 aromatic rings. The predicted octanol–water partition coefficient (Wildman–Crippen LogP) is 4.86. The lowest BCUT2D eigenvalue weighted by Gasteiger charge is -2.14. The first-order valence-electron chi connectivity index (χ1n) is 7.66. The van der Waals surface area contributed by atoms with Gasteiger partial charge < -0.3 is 15.2 Å². The molecule has 0 aliphatic heterocycles. The van der Waals surface area contributed by atoms with Gasteiger partial charge in [0.15, 0.2) is 11.5 Å². The third-order valence-electron chi connectivity index (χ3n) is 3.38. The molecule has 0 spiro atoms. The van der Waals surface area contributed by atoms with Gasteiger partial charge in [-0.3, -0.25) is 0 Å². The molecule has 0 aliphatic rings. The number of halogens is 2. The van der Waals surface area contributed by atoms with Crippen LogP contribution in [0.1, 0.15) is 24.5 Å². The van der Waals surface area contributed by atoms with Crippen molar-refractivity contribution < 1.29 is 9.47 Å². The number of ether oxygens (including phenoxy) is 2. The number of hydrogen-bond donors (Lipinski definition) is 1. The van der Waals surface area contributed by atoms with Crippen LogP contribution in [0.25, 0.3) is 0 Å². The van der Waals surface area contributed by atoms with Gasteiger partial charge in [0.25, 0.3) is 0 Å². The Morgan fingerprint density at radius 3 is 2.52 bits per heavy atom. The molecule has 5 heteroatoms. The predicted molar refractivity (Wildman–Crippen MR) is 95.8 cm³/mol. The quantitative estimate of drug-likeness (QED) is 0.736. The van der Waals surface area contributed by atoms with E-state index in [9.17, 15) is 0 Å². The summed E-state index contributed by atoms with van der Waals surface area (Å²) in [5.74, 6) is 1.45. The van der Waals surface area contributed by atoms with Gasteiger partial charge in [0.2, 0.25) is 0 Å². The van der Waals surface area contributed by atoms with E-state index in [-0.39, 0.29) is 0 Å². The number of benzene rings is 2. The van der Waals surface area contributed by atoms with E-state index in [2.05, 4.69) is 0 Å². The SMILES string of the molecule is CCOc1cc(CCCN)ccc1OCc1ccc(Cl)cc1Cl. The lowest BCUT2D eigenvalue weighted by atomic mass is 10.1. The summed E-state index contributed by atoms with van der Waals surface area (Å²) in [4.78, 5) is 0. The minimum absolute atomic E-state index is 0.359. The van der Waals surface area contributed by atoms with Crippen molar-refractivity contribution in [1.29, 1.82) is 0 Å². The molecule has 0 saturated heterocycles. The minimum atomic E-state index is 0.359. The summed E-state index contributed by atoms with van der Waals surface area (Å²) >= 11 is 12.1. The van der Waals surface area contributed by atoms with Crippen molar-refractivity contribution in [3.05, 3.63) is 57.6 Å². The maximum absolute atomic E-state index is 6.17. The molecule has 0 fully saturated rings. The van der Waals surface area contributed by atoms with Gasteiger partial charge in [-0.05, 0) is 56.1 Å². The molecule has 3 nitrogen and oxygen atoms in total. The Bertz CT molecular complexity index is 647. The van der Waals surface area contributed by atoms with Crippen LogP contribution in [-0.2, 0) is 13.0 Å². The van der Waals surface area contributed by atoms with Crippen LogP contribution in [0, 0.1) is 0 Å². The first kappa shape index (κ1) is 17.9. The average Bonchev–Trinajstić information content (AvgIpc) is 2.53. The van der Waals surface area contributed by atoms with Crippen molar-refractivity contribution in [2.75, 3.05) is 13.2 Å². The molecule has 124 valence electrons. The Hall–Kier alpha value is -1.42. The summed E-state index contributed by atoms with van der Waals surface area (Å²) in [5.41, 5.74) is 7.63. The Kier molecular flexibility index (Phi) is 7.03. The van der Waals surface area contributed by atoms with Crippen molar-refractivity contribution >= 4 is 23.2 Å². The Labute approximate surface area is 147 Å². The molecular formula is C18H21Cl2NO2. The Morgan fingerprint density at radius 2 is 1.83 bits per heavy atom. The van der Waals surface area contributed by atoms with Gasteiger partial charge in [-0.1, -0.05) is 35.3 Å². The summed E-state index contributed by atoms with van der Waals surface area (Å²) < 4.78 is 11.6. The van der Waals surface area contributed by atoms with Gasteiger partial charge in [0, 0.05) is 15.6 Å². The van der Waals surface area contributed by atoms with Gasteiger partial charge in [-0.15, -0.1) is 0 Å². The molecule has 0 aromatic heterocycles. The Balaban J connectivity index is 2.11. The number of aryl methyl sites for hydroxylation is 1. The largest absolute Gasteiger partial charge is 0.490 e. The standard InChI is InChI=1S/C18H21Cl2NO2/c1-2-22-18-10-13(4-3-9-21)5-8-17(18)23-12-14-6-7-15(19)11-16(14)20/h5-8,10-11H,2-4,9,12,21H2,1H3.